The molecule has 6 nitrogen and oxygen atoms in total. The van der Waals surface area contributed by atoms with E-state index in [2.05, 4.69) is 15.1 Å². The van der Waals surface area contributed by atoms with Gasteiger partial charge in [0.25, 0.3) is 0 Å². The van der Waals surface area contributed by atoms with Crippen LogP contribution in [0.15, 0.2) is 47.6 Å². The summed E-state index contributed by atoms with van der Waals surface area (Å²) in [6.07, 6.45) is 3.71. The second kappa shape index (κ2) is 5.35. The molecule has 7 heteroatoms. The lowest BCUT2D eigenvalue weighted by Gasteiger charge is -2.10. The molecule has 0 amide bonds. The molecule has 0 radical (unpaired) electrons. The molecule has 0 bridgehead atoms. The number of hydrogen-bond acceptors (Lipinski definition) is 4. The number of nitrogens with one attached hydrogen (secondary N) is 2. The van der Waals surface area contributed by atoms with E-state index in [4.69, 9.17) is 0 Å². The van der Waals surface area contributed by atoms with Crippen LogP contribution in [0.5, 0.6) is 0 Å². The number of nitrogens with zero attached hydrogens (tertiary/aromatic N) is 2. The number of benzene rings is 1. The molecule has 2 aromatic rings. The zero-order valence-corrected chi connectivity index (χ0v) is 11.7. The van der Waals surface area contributed by atoms with E-state index < -0.39 is 10.0 Å². The Morgan fingerprint density at radius 1 is 1.30 bits per heavy atom. The molecular formula is C13H16N4O2S. The third-order valence-corrected chi connectivity index (χ3v) is 4.75. The molecule has 0 spiro atoms. The minimum absolute atomic E-state index is 0.0416. The summed E-state index contributed by atoms with van der Waals surface area (Å²) in [6, 6.07) is 9.37. The first kappa shape index (κ1) is 13.3. The molecule has 20 heavy (non-hydrogen) atoms. The zero-order chi connectivity index (χ0) is 14.0. The highest BCUT2D eigenvalue weighted by molar-refractivity contribution is 7.89. The molecule has 1 aromatic carbocycles. The van der Waals surface area contributed by atoms with E-state index >= 15 is 0 Å². The van der Waals surface area contributed by atoms with Crippen molar-refractivity contribution in [1.29, 1.82) is 0 Å². The first-order chi connectivity index (χ1) is 9.65. The quantitative estimate of drug-likeness (QED) is 0.861. The van der Waals surface area contributed by atoms with Crippen molar-refractivity contribution in [1.82, 2.24) is 19.8 Å². The first-order valence-corrected chi connectivity index (χ1v) is 7.97. The first-order valence-electron chi connectivity index (χ1n) is 6.48. The highest BCUT2D eigenvalue weighted by Crippen LogP contribution is 2.13. The summed E-state index contributed by atoms with van der Waals surface area (Å²) in [5.41, 5.74) is 0.830. The average molecular weight is 292 g/mol. The number of para-hydroxylation sites is 1. The van der Waals surface area contributed by atoms with Crippen molar-refractivity contribution in [3.63, 3.8) is 0 Å². The second-order valence-electron chi connectivity index (χ2n) is 4.77. The monoisotopic (exact) mass is 292 g/mol. The Kier molecular flexibility index (Phi) is 3.56. The van der Waals surface area contributed by atoms with Crippen molar-refractivity contribution in [2.45, 2.75) is 17.4 Å². The lowest BCUT2D eigenvalue weighted by atomic mass is 10.3. The fraction of sp³-hybridized carbons (Fsp3) is 0.308. The molecule has 2 N–H and O–H groups in total. The maximum Gasteiger partial charge on any atom is 0.244 e. The Morgan fingerprint density at radius 3 is 2.80 bits per heavy atom. The van der Waals surface area contributed by atoms with Gasteiger partial charge in [0.1, 0.15) is 4.90 Å². The summed E-state index contributed by atoms with van der Waals surface area (Å²) in [4.78, 5) is 0.188. The van der Waals surface area contributed by atoms with Gasteiger partial charge in [-0.2, -0.15) is 5.10 Å². The molecule has 1 fully saturated rings. The van der Waals surface area contributed by atoms with Crippen LogP contribution in [0.25, 0.3) is 5.69 Å². The van der Waals surface area contributed by atoms with Crippen LogP contribution in [0.1, 0.15) is 6.42 Å². The van der Waals surface area contributed by atoms with Crippen LogP contribution >= 0.6 is 0 Å². The summed E-state index contributed by atoms with van der Waals surface area (Å²) in [5.74, 6) is 0. The molecular weight excluding hydrogens is 276 g/mol. The minimum atomic E-state index is -3.50. The van der Waals surface area contributed by atoms with E-state index in [-0.39, 0.29) is 10.9 Å². The van der Waals surface area contributed by atoms with Gasteiger partial charge in [-0.05, 0) is 25.1 Å². The minimum Gasteiger partial charge on any atom is -0.315 e. The summed E-state index contributed by atoms with van der Waals surface area (Å²) in [6.45, 7) is 1.52. The summed E-state index contributed by atoms with van der Waals surface area (Å²) >= 11 is 0. The maximum atomic E-state index is 12.2. The molecule has 1 aliphatic rings. The van der Waals surface area contributed by atoms with E-state index in [1.165, 1.54) is 12.4 Å². The third-order valence-electron chi connectivity index (χ3n) is 3.27. The van der Waals surface area contributed by atoms with E-state index in [1.807, 2.05) is 30.3 Å². The molecule has 1 atom stereocenters. The Hall–Kier alpha value is -1.70. The normalized spacial score (nSPS) is 19.3. The van der Waals surface area contributed by atoms with Crippen LogP contribution < -0.4 is 10.0 Å². The Labute approximate surface area is 117 Å². The van der Waals surface area contributed by atoms with Gasteiger partial charge in [0.15, 0.2) is 0 Å². The van der Waals surface area contributed by atoms with Gasteiger partial charge < -0.3 is 5.32 Å². The lowest BCUT2D eigenvalue weighted by Crippen LogP contribution is -2.36. The van der Waals surface area contributed by atoms with Gasteiger partial charge >= 0.3 is 0 Å². The van der Waals surface area contributed by atoms with Gasteiger partial charge in [-0.25, -0.2) is 17.8 Å². The van der Waals surface area contributed by atoms with Gasteiger partial charge in [-0.1, -0.05) is 18.2 Å². The van der Waals surface area contributed by atoms with Crippen molar-refractivity contribution >= 4 is 10.0 Å². The Morgan fingerprint density at radius 2 is 2.10 bits per heavy atom. The number of aromatic nitrogens is 2. The predicted molar refractivity (Wildman–Crippen MR) is 75.2 cm³/mol. The average Bonchev–Trinajstić information content (AvgIpc) is 3.10. The van der Waals surface area contributed by atoms with Crippen LogP contribution in [0.2, 0.25) is 0 Å². The largest absolute Gasteiger partial charge is 0.315 e. The highest BCUT2D eigenvalue weighted by atomic mass is 32.2. The molecule has 1 aliphatic heterocycles. The van der Waals surface area contributed by atoms with Crippen molar-refractivity contribution in [3.8, 4) is 5.69 Å². The van der Waals surface area contributed by atoms with Crippen LogP contribution in [0, 0.1) is 0 Å². The smallest absolute Gasteiger partial charge is 0.244 e. The van der Waals surface area contributed by atoms with Crippen LogP contribution in [0.3, 0.4) is 0 Å². The van der Waals surface area contributed by atoms with Gasteiger partial charge in [0.05, 0.1) is 18.1 Å². The lowest BCUT2D eigenvalue weighted by molar-refractivity contribution is 0.560. The molecule has 1 unspecified atom stereocenters. The fourth-order valence-corrected chi connectivity index (χ4v) is 3.41. The molecule has 1 saturated heterocycles. The van der Waals surface area contributed by atoms with E-state index in [0.29, 0.717) is 6.54 Å². The number of sulfonamides is 1. The van der Waals surface area contributed by atoms with Crippen molar-refractivity contribution in [3.05, 3.63) is 42.7 Å². The van der Waals surface area contributed by atoms with E-state index in [0.717, 1.165) is 18.7 Å². The Balaban J connectivity index is 1.82. The van der Waals surface area contributed by atoms with Gasteiger partial charge in [-0.3, -0.25) is 0 Å². The van der Waals surface area contributed by atoms with Gasteiger partial charge in [-0.15, -0.1) is 0 Å². The number of hydrogen-bond donors (Lipinski definition) is 2. The van der Waals surface area contributed by atoms with Crippen molar-refractivity contribution < 1.29 is 8.42 Å². The molecule has 106 valence electrons. The van der Waals surface area contributed by atoms with Crippen molar-refractivity contribution in [2.24, 2.45) is 0 Å². The second-order valence-corrected chi connectivity index (χ2v) is 6.48. The van der Waals surface area contributed by atoms with Crippen molar-refractivity contribution in [2.75, 3.05) is 13.1 Å². The highest BCUT2D eigenvalue weighted by Gasteiger charge is 2.23. The van der Waals surface area contributed by atoms with E-state index in [9.17, 15) is 8.42 Å². The van der Waals surface area contributed by atoms with Gasteiger partial charge in [0, 0.05) is 12.6 Å². The van der Waals surface area contributed by atoms with Crippen LogP contribution in [-0.4, -0.2) is 37.3 Å². The third kappa shape index (κ3) is 2.74. The molecule has 0 aliphatic carbocycles. The SMILES string of the molecule is O=S(=O)(NC1CCNC1)c1cnn(-c2ccccc2)c1. The standard InChI is InChI=1S/C13H16N4O2S/c18-20(19,16-11-6-7-14-8-11)13-9-15-17(10-13)12-4-2-1-3-5-12/h1-5,9-11,14,16H,6-8H2. The molecule has 1 aromatic heterocycles. The summed E-state index contributed by atoms with van der Waals surface area (Å²) < 4.78 is 28.7. The van der Waals surface area contributed by atoms with E-state index in [1.54, 1.807) is 4.68 Å². The molecule has 3 rings (SSSR count). The number of rotatable bonds is 4. The Bertz CT molecular complexity index is 675. The van der Waals surface area contributed by atoms with Crippen LogP contribution in [0.4, 0.5) is 0 Å². The topological polar surface area (TPSA) is 76.0 Å². The molecule has 0 saturated carbocycles. The summed E-state index contributed by atoms with van der Waals surface area (Å²) in [5, 5.41) is 7.24. The maximum absolute atomic E-state index is 12.2. The van der Waals surface area contributed by atoms with Crippen LogP contribution in [-0.2, 0) is 10.0 Å². The fourth-order valence-electron chi connectivity index (χ4n) is 2.21. The predicted octanol–water partition coefficient (Wildman–Crippen LogP) is 0.512. The summed E-state index contributed by atoms with van der Waals surface area (Å²) in [7, 11) is -3.50. The molecule has 2 heterocycles. The van der Waals surface area contributed by atoms with Gasteiger partial charge in [0.2, 0.25) is 10.0 Å². The zero-order valence-electron chi connectivity index (χ0n) is 10.9.